The van der Waals surface area contributed by atoms with Crippen LogP contribution in [0, 0.1) is 0 Å². The normalized spacial score (nSPS) is 19.2. The van der Waals surface area contributed by atoms with Gasteiger partial charge >= 0.3 is 11.9 Å². The SMILES string of the molecule is CCOC(=O)CC[C@H](NC(=O)[C@@]1(c2ccccc2)CC[C@H](C(=O)N2CCC(NC(=O)c3ccccc3OC)CC2)c2ccccc21)C(=O)OCC. The number of amides is 3. The second-order valence-electron chi connectivity index (χ2n) is 12.8. The molecule has 1 heterocycles. The average Bonchev–Trinajstić information content (AvgIpc) is 3.16. The molecule has 3 atom stereocenters. The second-order valence-corrected chi connectivity index (χ2v) is 12.8. The third-order valence-corrected chi connectivity index (χ3v) is 9.87. The van der Waals surface area contributed by atoms with Gasteiger partial charge in [0.25, 0.3) is 5.91 Å². The largest absolute Gasteiger partial charge is 0.496 e. The van der Waals surface area contributed by atoms with E-state index >= 15 is 0 Å². The Kier molecular flexibility index (Phi) is 12.5. The van der Waals surface area contributed by atoms with E-state index in [1.54, 1.807) is 32.0 Å². The molecule has 51 heavy (non-hydrogen) atoms. The van der Waals surface area contributed by atoms with Gasteiger partial charge in [0, 0.05) is 25.6 Å². The number of fused-ring (bicyclic) bond motifs is 1. The summed E-state index contributed by atoms with van der Waals surface area (Å²) in [5.41, 5.74) is 1.46. The van der Waals surface area contributed by atoms with Crippen molar-refractivity contribution in [2.24, 2.45) is 0 Å². The van der Waals surface area contributed by atoms with E-state index in [4.69, 9.17) is 14.2 Å². The van der Waals surface area contributed by atoms with Crippen molar-refractivity contribution in [2.75, 3.05) is 33.4 Å². The van der Waals surface area contributed by atoms with Gasteiger partial charge in [0.05, 0.1) is 37.2 Å². The maximum absolute atomic E-state index is 14.6. The quantitative estimate of drug-likeness (QED) is 0.246. The monoisotopic (exact) mass is 697 g/mol. The zero-order valence-electron chi connectivity index (χ0n) is 29.5. The molecule has 1 aliphatic heterocycles. The Bertz CT molecular complexity index is 1700. The van der Waals surface area contributed by atoms with Crippen LogP contribution in [0.3, 0.4) is 0 Å². The Hall–Kier alpha value is -5.19. The molecule has 0 unspecified atom stereocenters. The fourth-order valence-electron chi connectivity index (χ4n) is 7.32. The van der Waals surface area contributed by atoms with Crippen LogP contribution < -0.4 is 15.4 Å². The number of nitrogens with one attached hydrogen (secondary N) is 2. The maximum Gasteiger partial charge on any atom is 0.328 e. The summed E-state index contributed by atoms with van der Waals surface area (Å²) in [6.45, 7) is 4.69. The minimum atomic E-state index is -1.21. The van der Waals surface area contributed by atoms with Crippen molar-refractivity contribution in [3.8, 4) is 5.75 Å². The molecule has 1 fully saturated rings. The number of hydrogen-bond donors (Lipinski definition) is 2. The van der Waals surface area contributed by atoms with Crippen LogP contribution >= 0.6 is 0 Å². The molecule has 5 rings (SSSR count). The third-order valence-electron chi connectivity index (χ3n) is 9.87. The van der Waals surface area contributed by atoms with Crippen molar-refractivity contribution in [3.63, 3.8) is 0 Å². The zero-order valence-corrected chi connectivity index (χ0v) is 29.5. The third kappa shape index (κ3) is 8.24. The van der Waals surface area contributed by atoms with Gasteiger partial charge in [-0.2, -0.15) is 0 Å². The molecule has 3 amide bonds. The average molecular weight is 698 g/mol. The predicted molar refractivity (Wildman–Crippen MR) is 190 cm³/mol. The van der Waals surface area contributed by atoms with Crippen LogP contribution in [0.4, 0.5) is 0 Å². The number of piperidine rings is 1. The Morgan fingerprint density at radius 2 is 1.51 bits per heavy atom. The van der Waals surface area contributed by atoms with Gasteiger partial charge in [-0.15, -0.1) is 0 Å². The molecule has 2 aliphatic rings. The molecular weight excluding hydrogens is 650 g/mol. The highest BCUT2D eigenvalue weighted by molar-refractivity contribution is 5.98. The van der Waals surface area contributed by atoms with E-state index in [9.17, 15) is 24.0 Å². The molecule has 0 spiro atoms. The minimum Gasteiger partial charge on any atom is -0.496 e. The van der Waals surface area contributed by atoms with Crippen LogP contribution in [-0.2, 0) is 34.1 Å². The number of methoxy groups -OCH3 is 1. The fourth-order valence-corrected chi connectivity index (χ4v) is 7.32. The van der Waals surface area contributed by atoms with Crippen LogP contribution in [0.1, 0.15) is 85.3 Å². The van der Waals surface area contributed by atoms with Gasteiger partial charge in [0.2, 0.25) is 11.8 Å². The highest BCUT2D eigenvalue weighted by atomic mass is 16.5. The van der Waals surface area contributed by atoms with Gasteiger partial charge in [0.1, 0.15) is 11.8 Å². The predicted octanol–water partition coefficient (Wildman–Crippen LogP) is 4.67. The number of esters is 2. The van der Waals surface area contributed by atoms with E-state index in [1.165, 1.54) is 7.11 Å². The maximum atomic E-state index is 14.6. The summed E-state index contributed by atoms with van der Waals surface area (Å²) < 4.78 is 15.7. The smallest absolute Gasteiger partial charge is 0.328 e. The highest BCUT2D eigenvalue weighted by Crippen LogP contribution is 2.48. The van der Waals surface area contributed by atoms with Crippen LogP contribution in [0.25, 0.3) is 0 Å². The first-order chi connectivity index (χ1) is 24.7. The summed E-state index contributed by atoms with van der Waals surface area (Å²) in [6, 6.07) is 22.8. The molecule has 0 bridgehead atoms. The van der Waals surface area contributed by atoms with Gasteiger partial charge in [-0.25, -0.2) is 4.79 Å². The summed E-state index contributed by atoms with van der Waals surface area (Å²) in [4.78, 5) is 69.0. The summed E-state index contributed by atoms with van der Waals surface area (Å²) in [7, 11) is 1.53. The topological polar surface area (TPSA) is 140 Å². The van der Waals surface area contributed by atoms with Crippen molar-refractivity contribution in [3.05, 3.63) is 101 Å². The van der Waals surface area contributed by atoms with E-state index in [1.807, 2.05) is 65.6 Å². The number of ether oxygens (including phenoxy) is 3. The summed E-state index contributed by atoms with van der Waals surface area (Å²) in [6.07, 6.45) is 1.89. The van der Waals surface area contributed by atoms with Crippen LogP contribution in [0.15, 0.2) is 78.9 Å². The van der Waals surface area contributed by atoms with Crippen LogP contribution in [0.5, 0.6) is 5.75 Å². The van der Waals surface area contributed by atoms with E-state index in [0.717, 1.165) is 11.1 Å². The van der Waals surface area contributed by atoms with Crippen molar-refractivity contribution >= 4 is 29.7 Å². The van der Waals surface area contributed by atoms with Gasteiger partial charge in [-0.3, -0.25) is 19.2 Å². The van der Waals surface area contributed by atoms with E-state index in [-0.39, 0.29) is 43.9 Å². The van der Waals surface area contributed by atoms with Crippen molar-refractivity contribution in [1.29, 1.82) is 0 Å². The number of likely N-dealkylation sites (tertiary alicyclic amines) is 1. The molecule has 1 saturated heterocycles. The number of hydrogen-bond acceptors (Lipinski definition) is 8. The zero-order chi connectivity index (χ0) is 36.4. The summed E-state index contributed by atoms with van der Waals surface area (Å²) >= 11 is 0. The van der Waals surface area contributed by atoms with Gasteiger partial charge in [0.15, 0.2) is 0 Å². The molecule has 11 heteroatoms. The van der Waals surface area contributed by atoms with Crippen molar-refractivity contribution < 1.29 is 38.2 Å². The van der Waals surface area contributed by atoms with Crippen LogP contribution in [0.2, 0.25) is 0 Å². The minimum absolute atomic E-state index is 0.0159. The standard InChI is InChI=1S/C40H47N3O8/c1-4-50-35(44)20-19-33(38(47)51-5-2)42-39(48)40(27-13-7-6-8-14-27)24-21-30(29-15-9-11-17-32(29)40)37(46)43-25-22-28(23-26-43)41-36(45)31-16-10-12-18-34(31)49-3/h6-18,28,30,33H,4-5,19-26H2,1-3H3,(H,41,45)(H,42,48)/t30-,33-,40+/m0/s1. The highest BCUT2D eigenvalue weighted by Gasteiger charge is 2.49. The molecule has 3 aromatic rings. The Labute approximate surface area is 299 Å². The molecule has 11 nitrogen and oxygen atoms in total. The Morgan fingerprint density at radius 3 is 2.22 bits per heavy atom. The van der Waals surface area contributed by atoms with Gasteiger partial charge < -0.3 is 29.7 Å². The molecule has 1 aliphatic carbocycles. The first-order valence-corrected chi connectivity index (χ1v) is 17.7. The molecule has 0 saturated carbocycles. The lowest BCUT2D eigenvalue weighted by molar-refractivity contribution is -0.149. The first-order valence-electron chi connectivity index (χ1n) is 17.7. The molecule has 0 radical (unpaired) electrons. The lowest BCUT2D eigenvalue weighted by Crippen LogP contribution is -2.54. The molecular formula is C40H47N3O8. The number of rotatable bonds is 13. The molecule has 270 valence electrons. The fraction of sp³-hybridized carbons (Fsp3) is 0.425. The first kappa shape index (κ1) is 37.1. The number of benzene rings is 3. The summed E-state index contributed by atoms with van der Waals surface area (Å²) in [5.74, 6) is -1.69. The second kappa shape index (κ2) is 17.2. The summed E-state index contributed by atoms with van der Waals surface area (Å²) in [5, 5.41) is 6.04. The van der Waals surface area contributed by atoms with Crippen LogP contribution in [-0.4, -0.2) is 80.1 Å². The van der Waals surface area contributed by atoms with Crippen molar-refractivity contribution in [2.45, 2.75) is 75.8 Å². The van der Waals surface area contributed by atoms with Gasteiger partial charge in [-0.05, 0) is 74.8 Å². The Balaban J connectivity index is 1.36. The van der Waals surface area contributed by atoms with E-state index in [0.29, 0.717) is 55.6 Å². The number of carbonyl (C=O) groups excluding carboxylic acids is 5. The molecule has 0 aromatic heterocycles. The van der Waals surface area contributed by atoms with Crippen molar-refractivity contribution in [1.82, 2.24) is 15.5 Å². The number of nitrogens with zero attached hydrogens (tertiary/aromatic N) is 1. The number of carbonyl (C=O) groups is 5. The molecule has 2 N–H and O–H groups in total. The van der Waals surface area contributed by atoms with E-state index < -0.39 is 35.2 Å². The lowest BCUT2D eigenvalue weighted by atomic mass is 9.62. The molecule has 3 aromatic carbocycles. The number of para-hydroxylation sites is 1. The lowest BCUT2D eigenvalue weighted by Gasteiger charge is -2.43. The van der Waals surface area contributed by atoms with Gasteiger partial charge in [-0.1, -0.05) is 66.7 Å². The van der Waals surface area contributed by atoms with E-state index in [2.05, 4.69) is 10.6 Å². The Morgan fingerprint density at radius 1 is 0.843 bits per heavy atom.